The van der Waals surface area contributed by atoms with E-state index >= 15 is 0 Å². The van der Waals surface area contributed by atoms with Gasteiger partial charge in [-0.05, 0) is 13.8 Å². The van der Waals surface area contributed by atoms with Crippen molar-refractivity contribution in [2.45, 2.75) is 13.8 Å². The number of rotatable bonds is 3. The van der Waals surface area contributed by atoms with E-state index < -0.39 is 0 Å². The van der Waals surface area contributed by atoms with Crippen LogP contribution in [0.3, 0.4) is 0 Å². The van der Waals surface area contributed by atoms with E-state index in [1.54, 1.807) is 31.2 Å². The molecule has 2 rings (SSSR count). The average Bonchev–Trinajstić information content (AvgIpc) is 2.69. The maximum Gasteiger partial charge on any atom is 0.254 e. The van der Waals surface area contributed by atoms with E-state index in [1.807, 2.05) is 13.8 Å². The zero-order valence-corrected chi connectivity index (χ0v) is 10.3. The van der Waals surface area contributed by atoms with Crippen LogP contribution < -0.4 is 9.47 Å². The molecular formula is C11H14N4O2. The Morgan fingerprint density at radius 2 is 1.88 bits per heavy atom. The van der Waals surface area contributed by atoms with Gasteiger partial charge in [-0.2, -0.15) is 10.1 Å². The molecule has 0 N–H and O–H groups in total. The van der Waals surface area contributed by atoms with Gasteiger partial charge in [-0.1, -0.05) is 0 Å². The lowest BCUT2D eigenvalue weighted by Crippen LogP contribution is -2.04. The zero-order chi connectivity index (χ0) is 12.4. The van der Waals surface area contributed by atoms with Crippen molar-refractivity contribution in [1.29, 1.82) is 0 Å². The van der Waals surface area contributed by atoms with Crippen LogP contribution in [0.1, 0.15) is 11.4 Å². The quantitative estimate of drug-likeness (QED) is 0.801. The molecule has 0 amide bonds. The molecular weight excluding hydrogens is 220 g/mol. The van der Waals surface area contributed by atoms with E-state index in [1.165, 1.54) is 0 Å². The molecule has 0 aliphatic heterocycles. The molecule has 0 saturated carbocycles. The largest absolute Gasteiger partial charge is 0.493 e. The van der Waals surface area contributed by atoms with Gasteiger partial charge in [0.2, 0.25) is 5.88 Å². The number of ether oxygens (including phenoxy) is 2. The minimum absolute atomic E-state index is 0.466. The van der Waals surface area contributed by atoms with Crippen molar-refractivity contribution >= 4 is 0 Å². The Morgan fingerprint density at radius 1 is 1.12 bits per heavy atom. The second-order valence-electron chi connectivity index (χ2n) is 3.58. The molecule has 0 radical (unpaired) electrons. The van der Waals surface area contributed by atoms with Crippen molar-refractivity contribution in [3.05, 3.63) is 23.7 Å². The van der Waals surface area contributed by atoms with E-state index in [2.05, 4.69) is 15.1 Å². The maximum atomic E-state index is 5.16. The van der Waals surface area contributed by atoms with Crippen LogP contribution in [0.15, 0.2) is 12.3 Å². The minimum Gasteiger partial charge on any atom is -0.493 e. The lowest BCUT2D eigenvalue weighted by molar-refractivity contribution is 0.395. The standard InChI is InChI=1S/C11H14N4O2/c1-7-5-10(17-4)13-11(12-7)15-6-9(16-3)8(2)14-15/h5-6H,1-4H3. The van der Waals surface area contributed by atoms with Gasteiger partial charge in [-0.15, -0.1) is 0 Å². The molecule has 2 aromatic heterocycles. The number of hydrogen-bond donors (Lipinski definition) is 0. The van der Waals surface area contributed by atoms with Crippen molar-refractivity contribution in [2.75, 3.05) is 14.2 Å². The van der Waals surface area contributed by atoms with Gasteiger partial charge in [0.1, 0.15) is 5.69 Å². The number of hydrogen-bond acceptors (Lipinski definition) is 5. The Hall–Kier alpha value is -2.11. The topological polar surface area (TPSA) is 62.1 Å². The van der Waals surface area contributed by atoms with E-state index in [4.69, 9.17) is 9.47 Å². The van der Waals surface area contributed by atoms with Crippen molar-refractivity contribution in [1.82, 2.24) is 19.7 Å². The summed E-state index contributed by atoms with van der Waals surface area (Å²) in [6.07, 6.45) is 1.74. The number of methoxy groups -OCH3 is 2. The van der Waals surface area contributed by atoms with E-state index in [-0.39, 0.29) is 0 Å². The Bertz CT molecular complexity index is 536. The number of nitrogens with zero attached hydrogens (tertiary/aromatic N) is 4. The molecule has 2 aromatic rings. The highest BCUT2D eigenvalue weighted by atomic mass is 16.5. The molecule has 0 aliphatic rings. The smallest absolute Gasteiger partial charge is 0.254 e. The average molecular weight is 234 g/mol. The summed E-state index contributed by atoms with van der Waals surface area (Å²) in [5.41, 5.74) is 1.61. The molecule has 2 heterocycles. The summed E-state index contributed by atoms with van der Waals surface area (Å²) < 4.78 is 11.8. The van der Waals surface area contributed by atoms with Crippen LogP contribution >= 0.6 is 0 Å². The Labute approximate surface area is 99.2 Å². The van der Waals surface area contributed by atoms with Crippen LogP contribution in [0.25, 0.3) is 5.95 Å². The molecule has 0 bridgehead atoms. The fraction of sp³-hybridized carbons (Fsp3) is 0.364. The highest BCUT2D eigenvalue weighted by Gasteiger charge is 2.10. The fourth-order valence-electron chi connectivity index (χ4n) is 1.48. The summed E-state index contributed by atoms with van der Waals surface area (Å²) in [4.78, 5) is 8.52. The predicted molar refractivity (Wildman–Crippen MR) is 61.7 cm³/mol. The highest BCUT2D eigenvalue weighted by Crippen LogP contribution is 2.18. The van der Waals surface area contributed by atoms with E-state index in [0.717, 1.165) is 11.4 Å². The van der Waals surface area contributed by atoms with Crippen molar-refractivity contribution < 1.29 is 9.47 Å². The molecule has 0 fully saturated rings. The zero-order valence-electron chi connectivity index (χ0n) is 10.3. The molecule has 0 atom stereocenters. The molecule has 17 heavy (non-hydrogen) atoms. The van der Waals surface area contributed by atoms with Crippen LogP contribution in [-0.2, 0) is 0 Å². The van der Waals surface area contributed by atoms with E-state index in [0.29, 0.717) is 17.6 Å². The van der Waals surface area contributed by atoms with Gasteiger partial charge >= 0.3 is 0 Å². The van der Waals surface area contributed by atoms with Gasteiger partial charge in [0.15, 0.2) is 5.75 Å². The predicted octanol–water partition coefficient (Wildman–Crippen LogP) is 1.30. The first-order valence-corrected chi connectivity index (χ1v) is 5.14. The fourth-order valence-corrected chi connectivity index (χ4v) is 1.48. The molecule has 0 aromatic carbocycles. The lowest BCUT2D eigenvalue weighted by atomic mass is 10.4. The molecule has 0 unspecified atom stereocenters. The third-order valence-corrected chi connectivity index (χ3v) is 2.31. The second-order valence-corrected chi connectivity index (χ2v) is 3.58. The third-order valence-electron chi connectivity index (χ3n) is 2.31. The van der Waals surface area contributed by atoms with Gasteiger partial charge in [0.05, 0.1) is 20.4 Å². The van der Waals surface area contributed by atoms with Gasteiger partial charge in [0.25, 0.3) is 5.95 Å². The summed E-state index contributed by atoms with van der Waals surface area (Å²) in [5.74, 6) is 1.68. The normalized spacial score (nSPS) is 10.4. The van der Waals surface area contributed by atoms with E-state index in [9.17, 15) is 0 Å². The SMILES string of the molecule is COc1cc(C)nc(-n2cc(OC)c(C)n2)n1. The van der Waals surface area contributed by atoms with Crippen LogP contribution in [0.4, 0.5) is 0 Å². The monoisotopic (exact) mass is 234 g/mol. The Balaban J connectivity index is 2.48. The Kier molecular flexibility index (Phi) is 2.95. The first kappa shape index (κ1) is 11.4. The molecule has 0 aliphatic carbocycles. The van der Waals surface area contributed by atoms with Crippen LogP contribution in [-0.4, -0.2) is 34.0 Å². The Morgan fingerprint density at radius 3 is 2.47 bits per heavy atom. The molecule has 90 valence electrons. The summed E-state index contributed by atoms with van der Waals surface area (Å²) in [5, 5.41) is 4.28. The summed E-state index contributed by atoms with van der Waals surface area (Å²) in [6.45, 7) is 3.74. The van der Waals surface area contributed by atoms with Crippen LogP contribution in [0.2, 0.25) is 0 Å². The molecule has 0 saturated heterocycles. The number of aromatic nitrogens is 4. The first-order valence-electron chi connectivity index (χ1n) is 5.14. The van der Waals surface area contributed by atoms with Gasteiger partial charge in [-0.25, -0.2) is 9.67 Å². The van der Waals surface area contributed by atoms with Crippen molar-refractivity contribution in [3.8, 4) is 17.6 Å². The number of aryl methyl sites for hydroxylation is 2. The lowest BCUT2D eigenvalue weighted by Gasteiger charge is -2.03. The van der Waals surface area contributed by atoms with Crippen molar-refractivity contribution in [3.63, 3.8) is 0 Å². The summed E-state index contributed by atoms with van der Waals surface area (Å²) in [7, 11) is 3.17. The second kappa shape index (κ2) is 4.40. The van der Waals surface area contributed by atoms with Crippen LogP contribution in [0, 0.1) is 13.8 Å². The highest BCUT2D eigenvalue weighted by molar-refractivity contribution is 5.28. The maximum absolute atomic E-state index is 5.16. The van der Waals surface area contributed by atoms with Crippen LogP contribution in [0.5, 0.6) is 11.6 Å². The van der Waals surface area contributed by atoms with Gasteiger partial charge in [0, 0.05) is 11.8 Å². The van der Waals surface area contributed by atoms with Gasteiger partial charge < -0.3 is 9.47 Å². The van der Waals surface area contributed by atoms with Crippen molar-refractivity contribution in [2.24, 2.45) is 0 Å². The molecule has 0 spiro atoms. The minimum atomic E-state index is 0.466. The molecule has 6 heteroatoms. The first-order chi connectivity index (χ1) is 8.13. The molecule has 6 nitrogen and oxygen atoms in total. The summed E-state index contributed by atoms with van der Waals surface area (Å²) >= 11 is 0. The third kappa shape index (κ3) is 2.20. The summed E-state index contributed by atoms with van der Waals surface area (Å²) in [6, 6.07) is 1.76. The van der Waals surface area contributed by atoms with Gasteiger partial charge in [-0.3, -0.25) is 0 Å².